The van der Waals surface area contributed by atoms with E-state index in [-0.39, 0.29) is 0 Å². The first-order valence-corrected chi connectivity index (χ1v) is 3.24. The Bertz CT molecular complexity index is 49.4. The average molecular weight is 115 g/mol. The molecule has 0 rings (SSSR count). The molecule has 8 heavy (non-hydrogen) atoms. The summed E-state index contributed by atoms with van der Waals surface area (Å²) < 4.78 is 0. The van der Waals surface area contributed by atoms with Crippen LogP contribution in [0.4, 0.5) is 0 Å². The average Bonchev–Trinajstić information content (AvgIpc) is 1.64. The van der Waals surface area contributed by atoms with Gasteiger partial charge in [-0.15, -0.1) is 0 Å². The van der Waals surface area contributed by atoms with Gasteiger partial charge < -0.3 is 4.90 Å². The Hall–Kier alpha value is -0.0400. The van der Waals surface area contributed by atoms with E-state index in [9.17, 15) is 0 Å². The Kier molecular flexibility index (Phi) is 3.06. The van der Waals surface area contributed by atoms with Crippen LogP contribution < -0.4 is 4.90 Å². The number of nitrogens with one attached hydrogen (secondary N) is 1. The van der Waals surface area contributed by atoms with E-state index in [1.807, 2.05) is 0 Å². The molecule has 0 aliphatic rings. The van der Waals surface area contributed by atoms with E-state index in [1.54, 1.807) is 0 Å². The van der Waals surface area contributed by atoms with Gasteiger partial charge in [-0.3, -0.25) is 0 Å². The van der Waals surface area contributed by atoms with Crippen molar-refractivity contribution in [2.45, 2.75) is 39.8 Å². The normalized spacial score (nSPS) is 12.0. The Balaban J connectivity index is 3.46. The molecule has 0 aromatic heterocycles. The van der Waals surface area contributed by atoms with Crippen molar-refractivity contribution in [3.8, 4) is 0 Å². The zero-order chi connectivity index (χ0) is 6.73. The van der Waals surface area contributed by atoms with Crippen molar-refractivity contribution in [1.29, 1.82) is 0 Å². The molecule has 0 spiro atoms. The highest BCUT2D eigenvalue weighted by Gasteiger charge is 2.03. The van der Waals surface area contributed by atoms with Gasteiger partial charge in [-0.2, -0.15) is 7.05 Å². The highest BCUT2D eigenvalue weighted by Crippen LogP contribution is 1.72. The summed E-state index contributed by atoms with van der Waals surface area (Å²) in [5, 5.41) is 0. The van der Waals surface area contributed by atoms with Crippen LogP contribution in [-0.2, 0) is 0 Å². The van der Waals surface area contributed by atoms with E-state index in [1.165, 1.54) is 4.90 Å². The van der Waals surface area contributed by atoms with E-state index >= 15 is 0 Å². The number of rotatable bonds is 2. The lowest BCUT2D eigenvalue weighted by Crippen LogP contribution is -3.13. The number of quaternary nitrogens is 1. The molecule has 0 aromatic rings. The van der Waals surface area contributed by atoms with Gasteiger partial charge in [-0.25, -0.2) is 0 Å². The molecule has 0 saturated carbocycles. The van der Waals surface area contributed by atoms with Crippen molar-refractivity contribution in [2.24, 2.45) is 0 Å². The summed E-state index contributed by atoms with van der Waals surface area (Å²) in [6.07, 6.45) is 0. The molecule has 0 atom stereocenters. The highest BCUT2D eigenvalue weighted by molar-refractivity contribution is 4.38. The molecule has 0 fully saturated rings. The Labute approximate surface area is 52.7 Å². The summed E-state index contributed by atoms with van der Waals surface area (Å²) in [6.45, 7) is 8.73. The van der Waals surface area contributed by atoms with Crippen LogP contribution in [0.15, 0.2) is 0 Å². The first-order valence-electron chi connectivity index (χ1n) is 3.24. The van der Waals surface area contributed by atoms with Crippen LogP contribution in [0.1, 0.15) is 27.7 Å². The Morgan fingerprint density at radius 3 is 1.25 bits per heavy atom. The van der Waals surface area contributed by atoms with Gasteiger partial charge in [0.05, 0.1) is 12.1 Å². The van der Waals surface area contributed by atoms with Crippen LogP contribution in [0.2, 0.25) is 0 Å². The van der Waals surface area contributed by atoms with Gasteiger partial charge in [0.1, 0.15) is 0 Å². The summed E-state index contributed by atoms with van der Waals surface area (Å²) in [5.41, 5.74) is 0. The van der Waals surface area contributed by atoms with Gasteiger partial charge in [-0.05, 0) is 27.7 Å². The predicted molar refractivity (Wildman–Crippen MR) is 36.6 cm³/mol. The summed E-state index contributed by atoms with van der Waals surface area (Å²) in [7, 11) is 3.95. The molecular formula is C7H17N. The second-order valence-corrected chi connectivity index (χ2v) is 2.88. The van der Waals surface area contributed by atoms with Gasteiger partial charge in [0, 0.05) is 0 Å². The second kappa shape index (κ2) is 3.08. The molecule has 1 N–H and O–H groups in total. The molecule has 1 heteroatoms. The Morgan fingerprint density at radius 2 is 1.25 bits per heavy atom. The molecule has 0 bridgehead atoms. The summed E-state index contributed by atoms with van der Waals surface area (Å²) in [4.78, 5) is 1.35. The highest BCUT2D eigenvalue weighted by atomic mass is 15.1. The first-order chi connectivity index (χ1) is 3.55. The van der Waals surface area contributed by atoms with Crippen LogP contribution in [-0.4, -0.2) is 12.1 Å². The quantitative estimate of drug-likeness (QED) is 0.499. The van der Waals surface area contributed by atoms with Crippen molar-refractivity contribution in [3.05, 3.63) is 7.05 Å². The molecule has 0 heterocycles. The topological polar surface area (TPSA) is 4.44 Å². The maximum Gasteiger partial charge on any atom is 0.0579 e. The lowest BCUT2D eigenvalue weighted by Gasteiger charge is -2.29. The lowest BCUT2D eigenvalue weighted by molar-refractivity contribution is -0.898. The van der Waals surface area contributed by atoms with Crippen LogP contribution >= 0.6 is 0 Å². The van der Waals surface area contributed by atoms with Crippen molar-refractivity contribution < 1.29 is 4.90 Å². The van der Waals surface area contributed by atoms with E-state index in [2.05, 4.69) is 34.7 Å². The second-order valence-electron chi connectivity index (χ2n) is 2.88. The third kappa shape index (κ3) is 2.31. The van der Waals surface area contributed by atoms with Crippen LogP contribution in [0.25, 0.3) is 0 Å². The van der Waals surface area contributed by atoms with Gasteiger partial charge in [0.2, 0.25) is 0 Å². The molecule has 0 amide bonds. The fourth-order valence-electron chi connectivity index (χ4n) is 0.667. The molecule has 0 radical (unpaired) electrons. The molecule has 0 saturated heterocycles. The molecule has 50 valence electrons. The minimum absolute atomic E-state index is 0.648. The van der Waals surface area contributed by atoms with Crippen LogP contribution in [0.5, 0.6) is 0 Å². The first kappa shape index (κ1) is 7.96. The molecule has 1 nitrogen and oxygen atoms in total. The fourth-order valence-corrected chi connectivity index (χ4v) is 0.667. The SMILES string of the molecule is [CH2-][NH+](C(C)C)C(C)C. The fraction of sp³-hybridized carbons (Fsp3) is 0.857. The zero-order valence-corrected chi connectivity index (χ0v) is 6.36. The maximum absolute atomic E-state index is 3.95. The Morgan fingerprint density at radius 1 is 1.00 bits per heavy atom. The van der Waals surface area contributed by atoms with Gasteiger partial charge in [-0.1, -0.05) is 0 Å². The number of hydrogen-bond donors (Lipinski definition) is 1. The third-order valence-corrected chi connectivity index (χ3v) is 1.48. The molecular weight excluding hydrogens is 98.1 g/mol. The summed E-state index contributed by atoms with van der Waals surface area (Å²) in [5.74, 6) is 0. The molecule has 0 aromatic carbocycles. The number of hydrogen-bond acceptors (Lipinski definition) is 0. The van der Waals surface area contributed by atoms with E-state index < -0.39 is 0 Å². The minimum Gasteiger partial charge on any atom is -0.464 e. The van der Waals surface area contributed by atoms with Gasteiger partial charge >= 0.3 is 0 Å². The summed E-state index contributed by atoms with van der Waals surface area (Å²) >= 11 is 0. The third-order valence-electron chi connectivity index (χ3n) is 1.48. The van der Waals surface area contributed by atoms with E-state index in [0.29, 0.717) is 12.1 Å². The standard InChI is InChI=1S/C7H17N/c1-6(2)8(5)7(3)4/h6-8H,5H2,1-4H3. The lowest BCUT2D eigenvalue weighted by atomic mass is 10.3. The maximum atomic E-state index is 3.95. The van der Waals surface area contributed by atoms with Crippen molar-refractivity contribution in [1.82, 2.24) is 0 Å². The zero-order valence-electron chi connectivity index (χ0n) is 6.36. The van der Waals surface area contributed by atoms with Crippen LogP contribution in [0, 0.1) is 7.05 Å². The predicted octanol–water partition coefficient (Wildman–Crippen LogP) is 0.480. The van der Waals surface area contributed by atoms with Crippen LogP contribution in [0.3, 0.4) is 0 Å². The molecule has 0 unspecified atom stereocenters. The monoisotopic (exact) mass is 115 g/mol. The largest absolute Gasteiger partial charge is 0.464 e. The van der Waals surface area contributed by atoms with Crippen molar-refractivity contribution >= 4 is 0 Å². The van der Waals surface area contributed by atoms with E-state index in [4.69, 9.17) is 0 Å². The van der Waals surface area contributed by atoms with Gasteiger partial charge in [0.25, 0.3) is 0 Å². The summed E-state index contributed by atoms with van der Waals surface area (Å²) in [6, 6.07) is 1.30. The molecule has 0 aliphatic heterocycles. The smallest absolute Gasteiger partial charge is 0.0579 e. The van der Waals surface area contributed by atoms with Crippen molar-refractivity contribution in [3.63, 3.8) is 0 Å². The van der Waals surface area contributed by atoms with Gasteiger partial charge in [0.15, 0.2) is 0 Å². The minimum atomic E-state index is 0.648. The van der Waals surface area contributed by atoms with Crippen molar-refractivity contribution in [2.75, 3.05) is 0 Å². The molecule has 0 aliphatic carbocycles. The van der Waals surface area contributed by atoms with E-state index in [0.717, 1.165) is 0 Å².